The molecule has 1 rings (SSSR count). The van der Waals surface area contributed by atoms with Crippen LogP contribution in [0, 0.1) is 0 Å². The van der Waals surface area contributed by atoms with Gasteiger partial charge in [-0.1, -0.05) is 22.6 Å². The molecule has 0 radical (unpaired) electrons. The Morgan fingerprint density at radius 1 is 1.19 bits per heavy atom. The Morgan fingerprint density at radius 3 is 2.06 bits per heavy atom. The predicted molar refractivity (Wildman–Crippen MR) is 73.8 cm³/mol. The zero-order chi connectivity index (χ0) is 12.4. The maximum absolute atomic E-state index is 12.0. The minimum Gasteiger partial charge on any atom is -0.292 e. The maximum atomic E-state index is 12.0. The summed E-state index contributed by atoms with van der Waals surface area (Å²) in [5, 5.41) is 0. The molecule has 0 bridgehead atoms. The van der Waals surface area contributed by atoms with E-state index in [1.807, 2.05) is 20.8 Å². The number of alkyl halides is 1. The van der Waals surface area contributed by atoms with Crippen LogP contribution in [0.25, 0.3) is 0 Å². The summed E-state index contributed by atoms with van der Waals surface area (Å²) in [6.45, 7) is 8.34. The average Bonchev–Trinajstić information content (AvgIpc) is 2.14. The Morgan fingerprint density at radius 2 is 1.69 bits per heavy atom. The van der Waals surface area contributed by atoms with Crippen LogP contribution in [0.1, 0.15) is 20.8 Å². The molecule has 1 heterocycles. The van der Waals surface area contributed by atoms with Crippen molar-refractivity contribution in [3.8, 4) is 0 Å². The maximum Gasteiger partial charge on any atom is 0.280 e. The average molecular weight is 361 g/mol. The van der Waals surface area contributed by atoms with E-state index in [0.717, 1.165) is 17.6 Å². The Bertz CT molecular complexity index is 318. The lowest BCUT2D eigenvalue weighted by Gasteiger charge is -2.34. The van der Waals surface area contributed by atoms with E-state index in [4.69, 9.17) is 0 Å². The van der Waals surface area contributed by atoms with Crippen molar-refractivity contribution in [2.24, 2.45) is 0 Å². The van der Waals surface area contributed by atoms with Gasteiger partial charge in [-0.05, 0) is 20.8 Å². The number of nitrogens with one attached hydrogen (secondary N) is 1. The van der Waals surface area contributed by atoms with Gasteiger partial charge in [0.2, 0.25) is 0 Å². The van der Waals surface area contributed by atoms with Crippen molar-refractivity contribution < 1.29 is 8.42 Å². The van der Waals surface area contributed by atoms with E-state index in [0.29, 0.717) is 13.1 Å². The number of hydrogen-bond acceptors (Lipinski definition) is 3. The van der Waals surface area contributed by atoms with E-state index in [-0.39, 0.29) is 0 Å². The molecule has 0 aromatic rings. The first-order chi connectivity index (χ1) is 7.24. The molecule has 1 saturated heterocycles. The van der Waals surface area contributed by atoms with Gasteiger partial charge in [0.1, 0.15) is 0 Å². The highest BCUT2D eigenvalue weighted by Gasteiger charge is 2.29. The quantitative estimate of drug-likeness (QED) is 0.456. The Balaban J connectivity index is 2.59. The van der Waals surface area contributed by atoms with Crippen molar-refractivity contribution >= 4 is 32.8 Å². The summed E-state index contributed by atoms with van der Waals surface area (Å²) < 4.78 is 29.1. The molecular formula is C9H20IN3O2S. The van der Waals surface area contributed by atoms with Gasteiger partial charge in [0, 0.05) is 31.7 Å². The zero-order valence-corrected chi connectivity index (χ0v) is 13.0. The topological polar surface area (TPSA) is 52.7 Å². The molecule has 0 atom stereocenters. The molecule has 0 saturated carbocycles. The molecule has 1 aliphatic heterocycles. The van der Waals surface area contributed by atoms with Crippen LogP contribution in [0.3, 0.4) is 0 Å². The predicted octanol–water partition coefficient (Wildman–Crippen LogP) is 0.629. The second-order valence-electron chi connectivity index (χ2n) is 4.99. The Labute approximate surface area is 112 Å². The van der Waals surface area contributed by atoms with Gasteiger partial charge in [-0.15, -0.1) is 0 Å². The van der Waals surface area contributed by atoms with Crippen molar-refractivity contribution in [3.63, 3.8) is 0 Å². The molecule has 0 aliphatic carbocycles. The Hall–Kier alpha value is 0.560. The number of halogens is 1. The van der Waals surface area contributed by atoms with E-state index in [2.05, 4.69) is 32.2 Å². The van der Waals surface area contributed by atoms with Crippen molar-refractivity contribution in [1.82, 2.24) is 13.9 Å². The second kappa shape index (κ2) is 5.47. The molecular weight excluding hydrogens is 341 g/mol. The minimum atomic E-state index is -3.32. The molecule has 16 heavy (non-hydrogen) atoms. The Kier molecular flexibility index (Phi) is 5.00. The van der Waals surface area contributed by atoms with Crippen molar-refractivity contribution in [1.29, 1.82) is 0 Å². The molecule has 0 unspecified atom stereocenters. The van der Waals surface area contributed by atoms with Crippen molar-refractivity contribution in [2.45, 2.75) is 26.3 Å². The van der Waals surface area contributed by atoms with Gasteiger partial charge in [-0.25, -0.2) is 0 Å². The van der Waals surface area contributed by atoms with E-state index in [1.54, 1.807) is 0 Å². The first-order valence-electron chi connectivity index (χ1n) is 5.32. The minimum absolute atomic E-state index is 0.417. The standard InChI is InChI=1S/C9H20IN3O2S/c1-9(2,3)11-16(14,15)13-6-4-12(8-10)5-7-13/h11H,4-8H2,1-3H3. The molecule has 0 aromatic carbocycles. The lowest BCUT2D eigenvalue weighted by Crippen LogP contribution is -2.54. The summed E-state index contributed by atoms with van der Waals surface area (Å²) in [7, 11) is -3.32. The molecule has 1 N–H and O–H groups in total. The van der Waals surface area contributed by atoms with Crippen LogP contribution in [-0.4, -0.2) is 53.9 Å². The molecule has 7 heteroatoms. The number of piperazine rings is 1. The summed E-state index contributed by atoms with van der Waals surface area (Å²) in [4.78, 5) is 2.24. The van der Waals surface area contributed by atoms with Crippen LogP contribution >= 0.6 is 22.6 Å². The number of rotatable bonds is 3. The van der Waals surface area contributed by atoms with Crippen LogP contribution in [0.15, 0.2) is 0 Å². The molecule has 0 aromatic heterocycles. The first kappa shape index (κ1) is 14.6. The van der Waals surface area contributed by atoms with E-state index >= 15 is 0 Å². The largest absolute Gasteiger partial charge is 0.292 e. The van der Waals surface area contributed by atoms with Gasteiger partial charge in [0.05, 0.1) is 4.55 Å². The summed E-state index contributed by atoms with van der Waals surface area (Å²) in [5.74, 6) is 0. The van der Waals surface area contributed by atoms with Crippen LogP contribution in [0.2, 0.25) is 0 Å². The third-order valence-electron chi connectivity index (χ3n) is 2.28. The number of hydrogen-bond donors (Lipinski definition) is 1. The molecule has 1 aliphatic rings. The van der Waals surface area contributed by atoms with Crippen molar-refractivity contribution in [3.05, 3.63) is 0 Å². The summed E-state index contributed by atoms with van der Waals surface area (Å²) >= 11 is 2.30. The SMILES string of the molecule is CC(C)(C)NS(=O)(=O)N1CCN(CI)CC1. The second-order valence-corrected chi connectivity index (χ2v) is 7.35. The summed E-state index contributed by atoms with van der Waals surface area (Å²) in [5.41, 5.74) is -0.417. The van der Waals surface area contributed by atoms with E-state index in [9.17, 15) is 8.42 Å². The zero-order valence-electron chi connectivity index (χ0n) is 10.0. The van der Waals surface area contributed by atoms with Gasteiger partial charge < -0.3 is 0 Å². The fourth-order valence-corrected chi connectivity index (χ4v) is 3.77. The lowest BCUT2D eigenvalue weighted by molar-refractivity contribution is 0.215. The summed E-state index contributed by atoms with van der Waals surface area (Å²) in [6, 6.07) is 0. The van der Waals surface area contributed by atoms with Crippen LogP contribution in [-0.2, 0) is 10.2 Å². The van der Waals surface area contributed by atoms with Gasteiger partial charge >= 0.3 is 0 Å². The van der Waals surface area contributed by atoms with Crippen LogP contribution in [0.5, 0.6) is 0 Å². The third kappa shape index (κ3) is 4.44. The first-order valence-corrected chi connectivity index (χ1v) is 8.28. The highest BCUT2D eigenvalue weighted by atomic mass is 127. The van der Waals surface area contributed by atoms with Gasteiger partial charge in [-0.2, -0.15) is 17.4 Å². The normalized spacial score (nSPS) is 21.2. The number of nitrogens with zero attached hydrogens (tertiary/aromatic N) is 2. The molecule has 0 amide bonds. The fourth-order valence-electron chi connectivity index (χ4n) is 1.54. The monoisotopic (exact) mass is 361 g/mol. The third-order valence-corrected chi connectivity index (χ3v) is 5.16. The molecule has 0 spiro atoms. The highest BCUT2D eigenvalue weighted by Crippen LogP contribution is 2.10. The molecule has 5 nitrogen and oxygen atoms in total. The van der Waals surface area contributed by atoms with Crippen molar-refractivity contribution in [2.75, 3.05) is 30.7 Å². The van der Waals surface area contributed by atoms with E-state index < -0.39 is 15.7 Å². The summed E-state index contributed by atoms with van der Waals surface area (Å²) in [6.07, 6.45) is 0. The van der Waals surface area contributed by atoms with Gasteiger partial charge in [0.25, 0.3) is 10.2 Å². The van der Waals surface area contributed by atoms with Crippen LogP contribution < -0.4 is 4.72 Å². The smallest absolute Gasteiger partial charge is 0.280 e. The lowest BCUT2D eigenvalue weighted by atomic mass is 10.1. The molecule has 96 valence electrons. The fraction of sp³-hybridized carbons (Fsp3) is 1.00. The molecule has 1 fully saturated rings. The van der Waals surface area contributed by atoms with Gasteiger partial charge in [0.15, 0.2) is 0 Å². The highest BCUT2D eigenvalue weighted by molar-refractivity contribution is 14.1. The van der Waals surface area contributed by atoms with E-state index in [1.165, 1.54) is 4.31 Å². The van der Waals surface area contributed by atoms with Gasteiger partial charge in [-0.3, -0.25) is 4.90 Å². The van der Waals surface area contributed by atoms with Crippen LogP contribution in [0.4, 0.5) is 0 Å².